The topological polar surface area (TPSA) is 66.5 Å². The van der Waals surface area contributed by atoms with Crippen LogP contribution in [0.2, 0.25) is 0 Å². The Morgan fingerprint density at radius 3 is 2.63 bits per heavy atom. The Hall–Kier alpha value is -2.18. The molecule has 1 heterocycles. The molecule has 1 aliphatic rings. The van der Waals surface area contributed by atoms with Crippen molar-refractivity contribution in [1.29, 1.82) is 0 Å². The van der Waals surface area contributed by atoms with Gasteiger partial charge in [-0.25, -0.2) is 8.42 Å². The van der Waals surface area contributed by atoms with Crippen molar-refractivity contribution in [2.24, 2.45) is 5.92 Å². The van der Waals surface area contributed by atoms with Crippen LogP contribution < -0.4 is 5.32 Å². The minimum Gasteiger partial charge on any atom is -0.378 e. The summed E-state index contributed by atoms with van der Waals surface area (Å²) in [5, 5.41) is 3.17. The maximum Gasteiger partial charge on any atom is 0.243 e. The van der Waals surface area contributed by atoms with E-state index in [-0.39, 0.29) is 17.2 Å². The molecular weight excluding hydrogens is 396 g/mol. The highest BCUT2D eigenvalue weighted by molar-refractivity contribution is 7.89. The van der Waals surface area contributed by atoms with E-state index in [2.05, 4.69) is 39.1 Å². The molecule has 1 N–H and O–H groups in total. The Kier molecular flexibility index (Phi) is 6.98. The van der Waals surface area contributed by atoms with Gasteiger partial charge in [-0.15, -0.1) is 0 Å². The van der Waals surface area contributed by atoms with Gasteiger partial charge in [0.1, 0.15) is 0 Å². The summed E-state index contributed by atoms with van der Waals surface area (Å²) in [7, 11) is -3.58. The maximum atomic E-state index is 13.0. The van der Waals surface area contributed by atoms with Crippen molar-refractivity contribution in [3.8, 4) is 0 Å². The fraction of sp³-hybridized carbons (Fsp3) is 0.458. The van der Waals surface area contributed by atoms with Gasteiger partial charge in [-0.1, -0.05) is 39.0 Å². The molecule has 3 rings (SSSR count). The highest BCUT2D eigenvalue weighted by Crippen LogP contribution is 2.25. The molecule has 0 aromatic heterocycles. The summed E-state index contributed by atoms with van der Waals surface area (Å²) in [6.07, 6.45) is 1.92. The van der Waals surface area contributed by atoms with Crippen LogP contribution in [0.3, 0.4) is 0 Å². The molecule has 0 spiro atoms. The van der Waals surface area contributed by atoms with Crippen LogP contribution in [0.5, 0.6) is 0 Å². The number of rotatable bonds is 7. The molecule has 1 fully saturated rings. The van der Waals surface area contributed by atoms with Gasteiger partial charge in [0.25, 0.3) is 0 Å². The fourth-order valence-corrected chi connectivity index (χ4v) is 5.71. The Bertz CT molecular complexity index is 1010. The minimum atomic E-state index is -3.58. The normalized spacial score (nSPS) is 17.8. The quantitative estimate of drug-likeness (QED) is 0.641. The SMILES string of the molecule is Cc1cc(NCC(=O)c2cccc(S(=O)(=O)N3CCCC(C)C3)c2)ccc1C(C)C. The van der Waals surface area contributed by atoms with Gasteiger partial charge in [-0.2, -0.15) is 4.31 Å². The number of benzene rings is 2. The number of Topliss-reactive ketones (excluding diaryl/α,β-unsaturated/α-hetero) is 1. The zero-order valence-electron chi connectivity index (χ0n) is 18.3. The molecule has 2 aromatic carbocycles. The molecule has 0 saturated carbocycles. The van der Waals surface area contributed by atoms with E-state index >= 15 is 0 Å². The number of piperidine rings is 1. The van der Waals surface area contributed by atoms with Crippen LogP contribution in [0, 0.1) is 12.8 Å². The van der Waals surface area contributed by atoms with E-state index < -0.39 is 10.0 Å². The third-order valence-electron chi connectivity index (χ3n) is 5.76. The van der Waals surface area contributed by atoms with E-state index in [0.717, 1.165) is 18.5 Å². The first-order valence-electron chi connectivity index (χ1n) is 10.7. The average Bonchev–Trinajstić information content (AvgIpc) is 2.72. The molecule has 0 amide bonds. The monoisotopic (exact) mass is 428 g/mol. The first kappa shape index (κ1) is 22.5. The second-order valence-corrected chi connectivity index (χ2v) is 10.6. The molecule has 6 heteroatoms. The molecule has 162 valence electrons. The van der Waals surface area contributed by atoms with E-state index in [1.165, 1.54) is 17.2 Å². The Labute approximate surface area is 180 Å². The van der Waals surface area contributed by atoms with Gasteiger partial charge in [0, 0.05) is 24.3 Å². The van der Waals surface area contributed by atoms with Crippen molar-refractivity contribution < 1.29 is 13.2 Å². The van der Waals surface area contributed by atoms with Crippen LogP contribution in [0.1, 0.15) is 61.0 Å². The predicted molar refractivity (Wildman–Crippen MR) is 122 cm³/mol. The molecule has 2 aromatic rings. The lowest BCUT2D eigenvalue weighted by atomic mass is 9.97. The number of nitrogens with zero attached hydrogens (tertiary/aromatic N) is 1. The number of hydrogen-bond donors (Lipinski definition) is 1. The van der Waals surface area contributed by atoms with Crippen molar-refractivity contribution in [3.05, 3.63) is 59.2 Å². The number of sulfonamides is 1. The Morgan fingerprint density at radius 1 is 1.20 bits per heavy atom. The van der Waals surface area contributed by atoms with Gasteiger partial charge in [-0.3, -0.25) is 4.79 Å². The summed E-state index contributed by atoms with van der Waals surface area (Å²) in [5.41, 5.74) is 3.77. The molecule has 0 aliphatic carbocycles. The van der Waals surface area contributed by atoms with Crippen LogP contribution in [-0.4, -0.2) is 38.1 Å². The fourth-order valence-electron chi connectivity index (χ4n) is 4.06. The molecule has 30 heavy (non-hydrogen) atoms. The first-order chi connectivity index (χ1) is 14.2. The number of anilines is 1. The minimum absolute atomic E-state index is 0.116. The summed E-state index contributed by atoms with van der Waals surface area (Å²) in [4.78, 5) is 12.9. The van der Waals surface area contributed by atoms with Crippen molar-refractivity contribution in [2.75, 3.05) is 25.0 Å². The van der Waals surface area contributed by atoms with E-state index in [9.17, 15) is 13.2 Å². The largest absolute Gasteiger partial charge is 0.378 e. The van der Waals surface area contributed by atoms with Crippen LogP contribution >= 0.6 is 0 Å². The number of hydrogen-bond acceptors (Lipinski definition) is 4. The van der Waals surface area contributed by atoms with Crippen LogP contribution in [-0.2, 0) is 10.0 Å². The number of aryl methyl sites for hydroxylation is 1. The molecule has 1 unspecified atom stereocenters. The van der Waals surface area contributed by atoms with Gasteiger partial charge in [-0.05, 0) is 67.0 Å². The molecule has 1 atom stereocenters. The average molecular weight is 429 g/mol. The second-order valence-electron chi connectivity index (χ2n) is 8.64. The summed E-state index contributed by atoms with van der Waals surface area (Å²) >= 11 is 0. The zero-order chi connectivity index (χ0) is 21.9. The number of ketones is 1. The van der Waals surface area contributed by atoms with Gasteiger partial charge < -0.3 is 5.32 Å². The summed E-state index contributed by atoms with van der Waals surface area (Å²) in [6, 6.07) is 12.5. The lowest BCUT2D eigenvalue weighted by Crippen LogP contribution is -2.39. The zero-order valence-corrected chi connectivity index (χ0v) is 19.1. The van der Waals surface area contributed by atoms with Gasteiger partial charge in [0.05, 0.1) is 11.4 Å². The third kappa shape index (κ3) is 5.10. The van der Waals surface area contributed by atoms with Crippen LogP contribution in [0.4, 0.5) is 5.69 Å². The van der Waals surface area contributed by atoms with Crippen molar-refractivity contribution in [2.45, 2.75) is 51.3 Å². The van der Waals surface area contributed by atoms with E-state index in [0.29, 0.717) is 30.5 Å². The van der Waals surface area contributed by atoms with E-state index in [1.807, 2.05) is 12.1 Å². The predicted octanol–water partition coefficient (Wildman–Crippen LogP) is 4.83. The van der Waals surface area contributed by atoms with Gasteiger partial charge in [0.15, 0.2) is 5.78 Å². The summed E-state index contributed by atoms with van der Waals surface area (Å²) < 4.78 is 27.6. The molecule has 0 radical (unpaired) electrons. The van der Waals surface area contributed by atoms with E-state index in [1.54, 1.807) is 22.5 Å². The molecule has 5 nitrogen and oxygen atoms in total. The lowest BCUT2D eigenvalue weighted by molar-refractivity contribution is 0.101. The molecule has 0 bridgehead atoms. The van der Waals surface area contributed by atoms with Gasteiger partial charge >= 0.3 is 0 Å². The van der Waals surface area contributed by atoms with Crippen molar-refractivity contribution in [3.63, 3.8) is 0 Å². The summed E-state index contributed by atoms with van der Waals surface area (Å²) in [5.74, 6) is 0.672. The van der Waals surface area contributed by atoms with Crippen molar-refractivity contribution >= 4 is 21.5 Å². The molecular formula is C24H32N2O3S. The van der Waals surface area contributed by atoms with Crippen molar-refractivity contribution in [1.82, 2.24) is 4.31 Å². The maximum absolute atomic E-state index is 13.0. The third-order valence-corrected chi connectivity index (χ3v) is 7.62. The Balaban J connectivity index is 1.71. The first-order valence-corrected chi connectivity index (χ1v) is 12.1. The standard InChI is InChI=1S/C24H32N2O3S/c1-17(2)23-11-10-21(13-19(23)4)25-15-24(27)20-8-5-9-22(14-20)30(28,29)26-12-6-7-18(3)16-26/h5,8-11,13-14,17-18,25H,6-7,12,15-16H2,1-4H3. The molecule has 1 saturated heterocycles. The highest BCUT2D eigenvalue weighted by atomic mass is 32.2. The second kappa shape index (κ2) is 9.31. The number of carbonyl (C=O) groups excluding carboxylic acids is 1. The van der Waals surface area contributed by atoms with E-state index in [4.69, 9.17) is 0 Å². The molecule has 1 aliphatic heterocycles. The summed E-state index contributed by atoms with van der Waals surface area (Å²) in [6.45, 7) is 9.65. The van der Waals surface area contributed by atoms with Gasteiger partial charge in [0.2, 0.25) is 10.0 Å². The number of carbonyl (C=O) groups is 1. The number of nitrogens with one attached hydrogen (secondary N) is 1. The lowest BCUT2D eigenvalue weighted by Gasteiger charge is -2.30. The Morgan fingerprint density at radius 2 is 1.97 bits per heavy atom. The smallest absolute Gasteiger partial charge is 0.243 e. The van der Waals surface area contributed by atoms with Crippen LogP contribution in [0.25, 0.3) is 0 Å². The highest BCUT2D eigenvalue weighted by Gasteiger charge is 2.29. The van der Waals surface area contributed by atoms with Crippen LogP contribution in [0.15, 0.2) is 47.4 Å².